The van der Waals surface area contributed by atoms with Gasteiger partial charge in [0.05, 0.1) is 5.69 Å². The number of anilines is 6. The lowest BCUT2D eigenvalue weighted by Gasteiger charge is -2.29. The average molecular weight is 923 g/mol. The molecule has 13 rings (SSSR count). The molecule has 0 aromatic heterocycles. The Balaban J connectivity index is 0.911. The first-order valence-corrected chi connectivity index (χ1v) is 25.2. The van der Waals surface area contributed by atoms with Crippen LogP contribution < -0.4 is 9.80 Å². The lowest BCUT2D eigenvalue weighted by atomic mass is 9.82. The van der Waals surface area contributed by atoms with Gasteiger partial charge >= 0.3 is 0 Å². The van der Waals surface area contributed by atoms with E-state index < -0.39 is 0 Å². The Hall–Kier alpha value is -8.72. The van der Waals surface area contributed by atoms with E-state index in [2.05, 4.69) is 292 Å². The van der Waals surface area contributed by atoms with Crippen LogP contribution in [0.2, 0.25) is 0 Å². The van der Waals surface area contributed by atoms with Crippen molar-refractivity contribution >= 4 is 44.9 Å². The summed E-state index contributed by atoms with van der Waals surface area (Å²) < 4.78 is 0. The van der Waals surface area contributed by atoms with E-state index in [0.717, 1.165) is 34.1 Å². The van der Waals surface area contributed by atoms with Gasteiger partial charge in [0, 0.05) is 44.7 Å². The minimum atomic E-state index is -0.132. The molecule has 344 valence electrons. The fourth-order valence-corrected chi connectivity index (χ4v) is 11.9. The molecular formula is C70H54N2. The maximum atomic E-state index is 2.46. The molecule has 0 atom stereocenters. The first-order valence-electron chi connectivity index (χ1n) is 25.2. The summed E-state index contributed by atoms with van der Waals surface area (Å²) in [5.41, 5.74) is 24.4. The first-order chi connectivity index (χ1) is 35.2. The molecule has 2 aliphatic carbocycles. The Bertz CT molecular complexity index is 3830. The van der Waals surface area contributed by atoms with Crippen molar-refractivity contribution in [3.63, 3.8) is 0 Å². The van der Waals surface area contributed by atoms with Gasteiger partial charge in [-0.15, -0.1) is 0 Å². The van der Waals surface area contributed by atoms with Crippen LogP contribution in [-0.2, 0) is 10.8 Å². The summed E-state index contributed by atoms with van der Waals surface area (Å²) in [4.78, 5) is 4.87. The maximum Gasteiger partial charge on any atom is 0.0540 e. The summed E-state index contributed by atoms with van der Waals surface area (Å²) >= 11 is 0. The van der Waals surface area contributed by atoms with Crippen molar-refractivity contribution < 1.29 is 0 Å². The quantitative estimate of drug-likeness (QED) is 0.142. The van der Waals surface area contributed by atoms with Gasteiger partial charge in [-0.2, -0.15) is 0 Å². The zero-order chi connectivity index (χ0) is 48.6. The molecule has 0 saturated carbocycles. The Labute approximate surface area is 423 Å². The summed E-state index contributed by atoms with van der Waals surface area (Å²) in [6, 6.07) is 94.0. The van der Waals surface area contributed by atoms with Crippen LogP contribution in [-0.4, -0.2) is 0 Å². The smallest absolute Gasteiger partial charge is 0.0540 e. The first kappa shape index (κ1) is 43.3. The maximum absolute atomic E-state index is 2.46. The molecule has 0 saturated heterocycles. The zero-order valence-corrected chi connectivity index (χ0v) is 41.1. The van der Waals surface area contributed by atoms with E-state index in [4.69, 9.17) is 0 Å². The highest BCUT2D eigenvalue weighted by atomic mass is 15.1. The monoisotopic (exact) mass is 922 g/mol. The molecule has 0 aliphatic heterocycles. The summed E-state index contributed by atoms with van der Waals surface area (Å²) in [5, 5.41) is 2.40. The zero-order valence-electron chi connectivity index (χ0n) is 41.1. The van der Waals surface area contributed by atoms with Crippen LogP contribution in [0.3, 0.4) is 0 Å². The second-order valence-electron chi connectivity index (χ2n) is 20.5. The van der Waals surface area contributed by atoms with Crippen LogP contribution >= 0.6 is 0 Å². The van der Waals surface area contributed by atoms with E-state index in [1.54, 1.807) is 0 Å². The standard InChI is InChI=1S/C70H54N2/c1-69(2)64-26-13-11-21-59(64)61-43-41-55(45-66(61)69)71(52-35-29-49(30-36-52)47-17-7-5-8-18-47)53-39-33-51(34-40-53)57-23-15-25-63-58(57)24-16-28-68(63)72(54-37-31-50(32-38-54)48-19-9-6-10-20-48)56-42-44-62-60-22-12-14-27-65(60)70(3,4)67(62)46-56/h5-46H,1-4H3. The number of nitrogens with zero attached hydrogens (tertiary/aromatic N) is 2. The fraction of sp³-hybridized carbons (Fsp3) is 0.0857. The van der Waals surface area contributed by atoms with Crippen molar-refractivity contribution in [1.29, 1.82) is 0 Å². The number of hydrogen-bond donors (Lipinski definition) is 0. The second kappa shape index (κ2) is 17.0. The van der Waals surface area contributed by atoms with E-state index in [1.165, 1.54) is 88.7 Å². The summed E-state index contributed by atoms with van der Waals surface area (Å²) in [6.07, 6.45) is 0. The minimum Gasteiger partial charge on any atom is -0.310 e. The van der Waals surface area contributed by atoms with Crippen LogP contribution in [0.15, 0.2) is 255 Å². The number of fused-ring (bicyclic) bond motifs is 7. The number of hydrogen-bond acceptors (Lipinski definition) is 2. The predicted molar refractivity (Wildman–Crippen MR) is 305 cm³/mol. The van der Waals surface area contributed by atoms with Crippen LogP contribution in [0.5, 0.6) is 0 Å². The topological polar surface area (TPSA) is 6.48 Å². The van der Waals surface area contributed by atoms with Crippen LogP contribution in [0.25, 0.3) is 66.4 Å². The molecule has 0 N–H and O–H groups in total. The van der Waals surface area contributed by atoms with Gasteiger partial charge in [-0.1, -0.05) is 216 Å². The van der Waals surface area contributed by atoms with Crippen molar-refractivity contribution in [2.24, 2.45) is 0 Å². The molecule has 0 heterocycles. The highest BCUT2D eigenvalue weighted by molar-refractivity contribution is 6.06. The van der Waals surface area contributed by atoms with Crippen LogP contribution in [0.1, 0.15) is 49.9 Å². The van der Waals surface area contributed by atoms with Gasteiger partial charge < -0.3 is 9.80 Å². The third-order valence-electron chi connectivity index (χ3n) is 15.7. The lowest BCUT2D eigenvalue weighted by molar-refractivity contribution is 0.660. The highest BCUT2D eigenvalue weighted by Gasteiger charge is 2.37. The largest absolute Gasteiger partial charge is 0.310 e. The highest BCUT2D eigenvalue weighted by Crippen LogP contribution is 2.53. The van der Waals surface area contributed by atoms with Crippen molar-refractivity contribution in [2.45, 2.75) is 38.5 Å². The molecule has 11 aromatic carbocycles. The second-order valence-corrected chi connectivity index (χ2v) is 20.5. The van der Waals surface area contributed by atoms with Crippen LogP contribution in [0, 0.1) is 0 Å². The van der Waals surface area contributed by atoms with Crippen molar-refractivity contribution in [3.05, 3.63) is 277 Å². The Morgan fingerprint density at radius 3 is 1.11 bits per heavy atom. The van der Waals surface area contributed by atoms with E-state index >= 15 is 0 Å². The molecular weight excluding hydrogens is 869 g/mol. The molecule has 11 aromatic rings. The molecule has 0 bridgehead atoms. The lowest BCUT2D eigenvalue weighted by Crippen LogP contribution is -2.16. The molecule has 2 aliphatic rings. The molecule has 0 radical (unpaired) electrons. The molecule has 0 fully saturated rings. The number of rotatable bonds is 9. The van der Waals surface area contributed by atoms with Gasteiger partial charge in [0.25, 0.3) is 0 Å². The average Bonchev–Trinajstić information content (AvgIpc) is 3.81. The molecule has 0 unspecified atom stereocenters. The fourth-order valence-electron chi connectivity index (χ4n) is 11.9. The molecule has 72 heavy (non-hydrogen) atoms. The predicted octanol–water partition coefficient (Wildman–Crippen LogP) is 19.4. The van der Waals surface area contributed by atoms with Gasteiger partial charge in [-0.05, 0) is 150 Å². The van der Waals surface area contributed by atoms with Gasteiger partial charge in [0.2, 0.25) is 0 Å². The van der Waals surface area contributed by atoms with Crippen LogP contribution in [0.4, 0.5) is 34.1 Å². The number of benzene rings is 11. The SMILES string of the molecule is CC1(C)c2ccccc2-c2ccc(N(c3ccc(-c4ccccc4)cc3)c3ccc(-c4cccc5c(N(c6ccc(-c7ccccc7)cc6)c6ccc7c(c6)C(C)(C)c6ccccc6-7)cccc45)cc3)cc21. The summed E-state index contributed by atoms with van der Waals surface area (Å²) in [5.74, 6) is 0. The molecule has 2 nitrogen and oxygen atoms in total. The molecule has 0 spiro atoms. The third kappa shape index (κ3) is 7.09. The minimum absolute atomic E-state index is 0.119. The molecule has 0 amide bonds. The van der Waals surface area contributed by atoms with Crippen molar-refractivity contribution in [2.75, 3.05) is 9.80 Å². The Morgan fingerprint density at radius 2 is 0.597 bits per heavy atom. The summed E-state index contributed by atoms with van der Waals surface area (Å²) in [6.45, 7) is 9.44. The van der Waals surface area contributed by atoms with Crippen molar-refractivity contribution in [1.82, 2.24) is 0 Å². The third-order valence-corrected chi connectivity index (χ3v) is 15.7. The molecule has 2 heteroatoms. The van der Waals surface area contributed by atoms with Gasteiger partial charge in [-0.3, -0.25) is 0 Å². The van der Waals surface area contributed by atoms with Crippen molar-refractivity contribution in [3.8, 4) is 55.6 Å². The van der Waals surface area contributed by atoms with E-state index in [1.807, 2.05) is 0 Å². The van der Waals surface area contributed by atoms with Gasteiger partial charge in [0.15, 0.2) is 0 Å². The normalized spacial score (nSPS) is 13.5. The Morgan fingerprint density at radius 1 is 0.236 bits per heavy atom. The Kier molecular flexibility index (Phi) is 10.2. The van der Waals surface area contributed by atoms with E-state index in [9.17, 15) is 0 Å². The van der Waals surface area contributed by atoms with E-state index in [-0.39, 0.29) is 10.8 Å². The van der Waals surface area contributed by atoms with Gasteiger partial charge in [0.1, 0.15) is 0 Å². The van der Waals surface area contributed by atoms with Gasteiger partial charge in [-0.25, -0.2) is 0 Å². The summed E-state index contributed by atoms with van der Waals surface area (Å²) in [7, 11) is 0. The van der Waals surface area contributed by atoms with E-state index in [0.29, 0.717) is 0 Å².